The summed E-state index contributed by atoms with van der Waals surface area (Å²) >= 11 is 3.30. The van der Waals surface area contributed by atoms with Gasteiger partial charge >= 0.3 is 6.18 Å². The molecule has 1 aliphatic rings. The number of alkyl halides is 3. The molecule has 0 saturated carbocycles. The van der Waals surface area contributed by atoms with Gasteiger partial charge in [0.05, 0.1) is 5.56 Å². The quantitative estimate of drug-likeness (QED) is 0.688. The van der Waals surface area contributed by atoms with E-state index in [0.29, 0.717) is 18.4 Å². The van der Waals surface area contributed by atoms with Gasteiger partial charge in [-0.25, -0.2) is 0 Å². The summed E-state index contributed by atoms with van der Waals surface area (Å²) in [6.07, 6.45) is -3.49. The van der Waals surface area contributed by atoms with Crippen LogP contribution in [0.25, 0.3) is 0 Å². The van der Waals surface area contributed by atoms with Gasteiger partial charge in [-0.3, -0.25) is 0 Å². The second-order valence-corrected chi connectivity index (χ2v) is 6.25. The van der Waals surface area contributed by atoms with Gasteiger partial charge in [0.25, 0.3) is 0 Å². The van der Waals surface area contributed by atoms with Crippen LogP contribution in [0.5, 0.6) is 0 Å². The fourth-order valence-corrected chi connectivity index (χ4v) is 2.98. The Bertz CT molecular complexity index is 743. The molecule has 23 heavy (non-hydrogen) atoms. The van der Waals surface area contributed by atoms with Crippen LogP contribution in [0, 0.1) is 0 Å². The van der Waals surface area contributed by atoms with Crippen LogP contribution < -0.4 is 0 Å². The van der Waals surface area contributed by atoms with Gasteiger partial charge in [0.2, 0.25) is 0 Å². The second kappa shape index (κ2) is 6.35. The summed E-state index contributed by atoms with van der Waals surface area (Å²) in [5.41, 5.74) is 1.87. The molecule has 0 aliphatic carbocycles. The number of oxime groups is 1. The van der Waals surface area contributed by atoms with E-state index in [4.69, 9.17) is 4.84 Å². The first-order valence-corrected chi connectivity index (χ1v) is 7.85. The molecule has 120 valence electrons. The lowest BCUT2D eigenvalue weighted by Gasteiger charge is -2.15. The molecule has 0 aromatic heterocycles. The summed E-state index contributed by atoms with van der Waals surface area (Å²) in [6, 6.07) is 13.0. The molecule has 6 heteroatoms. The molecule has 2 nitrogen and oxygen atoms in total. The van der Waals surface area contributed by atoms with Gasteiger partial charge in [0.1, 0.15) is 4.62 Å². The maximum atomic E-state index is 12.8. The Morgan fingerprint density at radius 3 is 2.61 bits per heavy atom. The highest BCUT2D eigenvalue weighted by Gasteiger charge is 2.30. The van der Waals surface area contributed by atoms with Crippen molar-refractivity contribution in [3.63, 3.8) is 0 Å². The fourth-order valence-electron chi connectivity index (χ4n) is 2.60. The van der Waals surface area contributed by atoms with E-state index in [1.165, 1.54) is 12.1 Å². The topological polar surface area (TPSA) is 21.6 Å². The van der Waals surface area contributed by atoms with Crippen molar-refractivity contribution in [2.24, 2.45) is 5.16 Å². The third-order valence-corrected chi connectivity index (χ3v) is 4.15. The van der Waals surface area contributed by atoms with Gasteiger partial charge in [-0.05, 0) is 45.1 Å². The lowest BCUT2D eigenvalue weighted by atomic mass is 9.95. The molecule has 2 aromatic rings. The monoisotopic (exact) mass is 383 g/mol. The van der Waals surface area contributed by atoms with Crippen molar-refractivity contribution in [3.05, 3.63) is 70.8 Å². The lowest BCUT2D eigenvalue weighted by Crippen LogP contribution is -2.06. The van der Waals surface area contributed by atoms with Crippen molar-refractivity contribution < 1.29 is 18.0 Å². The normalized spacial score (nSPS) is 17.7. The van der Waals surface area contributed by atoms with E-state index < -0.39 is 11.7 Å². The third-order valence-electron chi connectivity index (χ3n) is 3.68. The molecule has 0 spiro atoms. The van der Waals surface area contributed by atoms with Crippen LogP contribution >= 0.6 is 15.9 Å². The number of benzene rings is 2. The number of halogens is 4. The van der Waals surface area contributed by atoms with E-state index in [9.17, 15) is 13.2 Å². The van der Waals surface area contributed by atoms with Gasteiger partial charge in [-0.1, -0.05) is 47.6 Å². The van der Waals surface area contributed by atoms with Gasteiger partial charge in [-0.2, -0.15) is 13.2 Å². The summed E-state index contributed by atoms with van der Waals surface area (Å²) in [7, 11) is 0. The van der Waals surface area contributed by atoms with Crippen LogP contribution in [0.3, 0.4) is 0 Å². The molecule has 0 bridgehead atoms. The molecule has 0 unspecified atom stereocenters. The standard InChI is InChI=1S/C17H13BrF3NO/c18-16-10-15(23-22-16)14-7-2-1-5-12(14)8-11-4-3-6-13(9-11)17(19,20)21/h1-7,9,15H,8,10H2/t15-/m1/s1. The predicted octanol–water partition coefficient (Wildman–Crippen LogP) is 5.47. The maximum Gasteiger partial charge on any atom is 0.416 e. The van der Waals surface area contributed by atoms with Crippen molar-refractivity contribution in [3.8, 4) is 0 Å². The van der Waals surface area contributed by atoms with Gasteiger partial charge in [0, 0.05) is 6.42 Å². The summed E-state index contributed by atoms with van der Waals surface area (Å²) < 4.78 is 39.2. The Labute approximate surface area is 140 Å². The Morgan fingerprint density at radius 2 is 1.91 bits per heavy atom. The summed E-state index contributed by atoms with van der Waals surface area (Å²) in [5.74, 6) is 0. The van der Waals surface area contributed by atoms with Crippen LogP contribution in [-0.4, -0.2) is 4.62 Å². The number of rotatable bonds is 3. The molecular weight excluding hydrogens is 371 g/mol. The molecule has 0 N–H and O–H groups in total. The van der Waals surface area contributed by atoms with Gasteiger partial charge in [-0.15, -0.1) is 0 Å². The molecule has 1 heterocycles. The van der Waals surface area contributed by atoms with Crippen LogP contribution in [-0.2, 0) is 17.4 Å². The van der Waals surface area contributed by atoms with Crippen molar-refractivity contribution in [1.82, 2.24) is 0 Å². The van der Waals surface area contributed by atoms with E-state index in [2.05, 4.69) is 21.1 Å². The molecule has 3 rings (SSSR count). The highest BCUT2D eigenvalue weighted by Crippen LogP contribution is 2.33. The first-order valence-electron chi connectivity index (χ1n) is 7.05. The number of hydrogen-bond donors (Lipinski definition) is 0. The fraction of sp³-hybridized carbons (Fsp3) is 0.235. The Balaban J connectivity index is 1.87. The highest BCUT2D eigenvalue weighted by atomic mass is 79.9. The van der Waals surface area contributed by atoms with E-state index in [1.54, 1.807) is 6.07 Å². The minimum absolute atomic E-state index is 0.202. The average molecular weight is 384 g/mol. The summed E-state index contributed by atoms with van der Waals surface area (Å²) in [6.45, 7) is 0. The molecular formula is C17H13BrF3NO. The minimum Gasteiger partial charge on any atom is -0.386 e. The third kappa shape index (κ3) is 3.75. The van der Waals surface area contributed by atoms with E-state index in [1.807, 2.05) is 24.3 Å². The van der Waals surface area contributed by atoms with Crippen molar-refractivity contribution in [1.29, 1.82) is 0 Å². The molecule has 0 saturated heterocycles. The van der Waals surface area contributed by atoms with Crippen molar-refractivity contribution >= 4 is 20.6 Å². The van der Waals surface area contributed by atoms with Crippen LogP contribution in [0.1, 0.15) is 34.8 Å². The van der Waals surface area contributed by atoms with Crippen molar-refractivity contribution in [2.45, 2.75) is 25.1 Å². The van der Waals surface area contributed by atoms with Gasteiger partial charge in [0.15, 0.2) is 6.10 Å². The predicted molar refractivity (Wildman–Crippen MR) is 85.5 cm³/mol. The zero-order chi connectivity index (χ0) is 16.4. The minimum atomic E-state index is -4.33. The van der Waals surface area contributed by atoms with E-state index >= 15 is 0 Å². The van der Waals surface area contributed by atoms with Crippen molar-refractivity contribution in [2.75, 3.05) is 0 Å². The molecule has 2 aromatic carbocycles. The van der Waals surface area contributed by atoms with Crippen LogP contribution in [0.15, 0.2) is 53.7 Å². The van der Waals surface area contributed by atoms with E-state index in [-0.39, 0.29) is 6.10 Å². The van der Waals surface area contributed by atoms with Crippen LogP contribution in [0.2, 0.25) is 0 Å². The first kappa shape index (κ1) is 16.1. The van der Waals surface area contributed by atoms with Gasteiger partial charge < -0.3 is 4.84 Å². The lowest BCUT2D eigenvalue weighted by molar-refractivity contribution is -0.137. The zero-order valence-electron chi connectivity index (χ0n) is 12.0. The molecule has 1 aliphatic heterocycles. The molecule has 1 atom stereocenters. The van der Waals surface area contributed by atoms with E-state index in [0.717, 1.165) is 21.8 Å². The molecule has 0 radical (unpaired) electrons. The summed E-state index contributed by atoms with van der Waals surface area (Å²) in [5, 5.41) is 3.87. The number of hydrogen-bond acceptors (Lipinski definition) is 2. The Morgan fingerprint density at radius 1 is 1.13 bits per heavy atom. The largest absolute Gasteiger partial charge is 0.416 e. The smallest absolute Gasteiger partial charge is 0.386 e. The average Bonchev–Trinajstić information content (AvgIpc) is 2.94. The highest BCUT2D eigenvalue weighted by molar-refractivity contribution is 9.18. The molecule has 0 amide bonds. The van der Waals surface area contributed by atoms with Crippen LogP contribution in [0.4, 0.5) is 13.2 Å². The SMILES string of the molecule is FC(F)(F)c1cccc(Cc2ccccc2[C@H]2CC(Br)=NO2)c1. The summed E-state index contributed by atoms with van der Waals surface area (Å²) in [4.78, 5) is 5.37. The second-order valence-electron chi connectivity index (χ2n) is 5.34. The molecule has 0 fully saturated rings. The Kier molecular flexibility index (Phi) is 4.43. The zero-order valence-corrected chi connectivity index (χ0v) is 13.6. The Hall–Kier alpha value is -1.82. The first-order chi connectivity index (χ1) is 10.9. The maximum absolute atomic E-state index is 12.8. The number of nitrogens with zero attached hydrogens (tertiary/aromatic N) is 1.